The molecule has 0 saturated heterocycles. The van der Waals surface area contributed by atoms with Gasteiger partial charge < -0.3 is 15.7 Å². The van der Waals surface area contributed by atoms with Crippen molar-refractivity contribution >= 4 is 5.69 Å². The number of aliphatic hydroxyl groups is 1. The quantitative estimate of drug-likeness (QED) is 0.799. The number of aliphatic hydroxyl groups excluding tert-OH is 1. The Labute approximate surface area is 95.7 Å². The smallest absolute Gasteiger partial charge is 0.123 e. The number of nitrogens with two attached hydrogens (primary N) is 1. The van der Waals surface area contributed by atoms with E-state index in [0.29, 0.717) is 13.1 Å². The second kappa shape index (κ2) is 5.82. The Bertz CT molecular complexity index is 342. The minimum atomic E-state index is -0.281. The summed E-state index contributed by atoms with van der Waals surface area (Å²) in [5, 5.41) is 9.02. The van der Waals surface area contributed by atoms with Gasteiger partial charge in [0.15, 0.2) is 0 Å². The predicted molar refractivity (Wildman–Crippen MR) is 63.9 cm³/mol. The van der Waals surface area contributed by atoms with Gasteiger partial charge in [-0.25, -0.2) is 4.39 Å². The van der Waals surface area contributed by atoms with E-state index in [-0.39, 0.29) is 18.5 Å². The van der Waals surface area contributed by atoms with Crippen molar-refractivity contribution in [2.45, 2.75) is 26.4 Å². The van der Waals surface area contributed by atoms with Crippen LogP contribution < -0.4 is 10.6 Å². The van der Waals surface area contributed by atoms with Crippen LogP contribution in [0.25, 0.3) is 0 Å². The van der Waals surface area contributed by atoms with Crippen molar-refractivity contribution in [2.24, 2.45) is 5.73 Å². The highest BCUT2D eigenvalue weighted by Crippen LogP contribution is 2.23. The second-order valence-electron chi connectivity index (χ2n) is 3.99. The molecule has 4 heteroatoms. The van der Waals surface area contributed by atoms with Crippen LogP contribution in [0.1, 0.15) is 19.4 Å². The standard InChI is InChI=1S/C12H19FN2O/c1-9(2)15(5-6-16)12-4-3-11(13)7-10(12)8-14/h3-4,7,9,16H,5-6,8,14H2,1-2H3. The molecule has 0 heterocycles. The van der Waals surface area contributed by atoms with Gasteiger partial charge in [0.05, 0.1) is 6.61 Å². The predicted octanol–water partition coefficient (Wildman–Crippen LogP) is 1.49. The van der Waals surface area contributed by atoms with Gasteiger partial charge in [0.2, 0.25) is 0 Å². The molecule has 0 atom stereocenters. The van der Waals surface area contributed by atoms with E-state index in [2.05, 4.69) is 0 Å². The molecule has 0 spiro atoms. The van der Waals surface area contributed by atoms with E-state index in [0.717, 1.165) is 11.3 Å². The van der Waals surface area contributed by atoms with Crippen LogP contribution in [0.2, 0.25) is 0 Å². The van der Waals surface area contributed by atoms with E-state index in [1.54, 1.807) is 6.07 Å². The first-order valence-corrected chi connectivity index (χ1v) is 5.46. The zero-order valence-electron chi connectivity index (χ0n) is 9.78. The van der Waals surface area contributed by atoms with Gasteiger partial charge in [0, 0.05) is 24.8 Å². The SMILES string of the molecule is CC(C)N(CCO)c1ccc(F)cc1CN. The molecule has 1 rings (SSSR count). The van der Waals surface area contributed by atoms with Gasteiger partial charge in [-0.05, 0) is 37.6 Å². The molecule has 3 N–H and O–H groups in total. The fourth-order valence-corrected chi connectivity index (χ4v) is 1.76. The van der Waals surface area contributed by atoms with Crippen LogP contribution in [0.4, 0.5) is 10.1 Å². The summed E-state index contributed by atoms with van der Waals surface area (Å²) in [7, 11) is 0. The Hall–Kier alpha value is -1.13. The highest BCUT2D eigenvalue weighted by molar-refractivity contribution is 5.54. The van der Waals surface area contributed by atoms with Crippen molar-refractivity contribution in [3.63, 3.8) is 0 Å². The lowest BCUT2D eigenvalue weighted by atomic mass is 10.1. The van der Waals surface area contributed by atoms with Crippen molar-refractivity contribution in [2.75, 3.05) is 18.1 Å². The Morgan fingerprint density at radius 3 is 2.62 bits per heavy atom. The monoisotopic (exact) mass is 226 g/mol. The molecule has 0 fully saturated rings. The van der Waals surface area contributed by atoms with Crippen LogP contribution in [0.15, 0.2) is 18.2 Å². The Balaban J connectivity index is 3.07. The minimum absolute atomic E-state index is 0.0690. The molecule has 0 amide bonds. The molecule has 0 radical (unpaired) electrons. The summed E-state index contributed by atoms with van der Waals surface area (Å²) >= 11 is 0. The normalized spacial score (nSPS) is 10.9. The Morgan fingerprint density at radius 1 is 1.44 bits per heavy atom. The summed E-state index contributed by atoms with van der Waals surface area (Å²) in [4.78, 5) is 2.02. The average Bonchev–Trinajstić information content (AvgIpc) is 2.26. The maximum absolute atomic E-state index is 13.1. The first kappa shape index (κ1) is 12.9. The number of hydrogen-bond acceptors (Lipinski definition) is 3. The van der Waals surface area contributed by atoms with Gasteiger partial charge in [0.25, 0.3) is 0 Å². The number of anilines is 1. The summed E-state index contributed by atoms with van der Waals surface area (Å²) in [6.07, 6.45) is 0. The average molecular weight is 226 g/mol. The third-order valence-electron chi connectivity index (χ3n) is 2.54. The highest BCUT2D eigenvalue weighted by Gasteiger charge is 2.13. The molecule has 0 aliphatic heterocycles. The molecule has 1 aromatic carbocycles. The number of nitrogens with zero attached hydrogens (tertiary/aromatic N) is 1. The summed E-state index contributed by atoms with van der Waals surface area (Å²) in [5.74, 6) is -0.281. The van der Waals surface area contributed by atoms with E-state index < -0.39 is 0 Å². The summed E-state index contributed by atoms with van der Waals surface area (Å²) < 4.78 is 13.1. The Morgan fingerprint density at radius 2 is 2.12 bits per heavy atom. The van der Waals surface area contributed by atoms with E-state index in [1.807, 2.05) is 18.7 Å². The van der Waals surface area contributed by atoms with Crippen LogP contribution in [-0.2, 0) is 6.54 Å². The summed E-state index contributed by atoms with van der Waals surface area (Å²) in [5.41, 5.74) is 7.26. The van der Waals surface area contributed by atoms with Gasteiger partial charge in [0.1, 0.15) is 5.82 Å². The van der Waals surface area contributed by atoms with Crippen LogP contribution in [0, 0.1) is 5.82 Å². The molecule has 0 unspecified atom stereocenters. The maximum atomic E-state index is 13.1. The summed E-state index contributed by atoms with van der Waals surface area (Å²) in [6.45, 7) is 4.94. The fraction of sp³-hybridized carbons (Fsp3) is 0.500. The van der Waals surface area contributed by atoms with Crippen molar-refractivity contribution in [3.8, 4) is 0 Å². The lowest BCUT2D eigenvalue weighted by Crippen LogP contribution is -2.34. The topological polar surface area (TPSA) is 49.5 Å². The van der Waals surface area contributed by atoms with Crippen molar-refractivity contribution in [1.29, 1.82) is 0 Å². The zero-order chi connectivity index (χ0) is 12.1. The molecule has 16 heavy (non-hydrogen) atoms. The molecule has 90 valence electrons. The molecular formula is C12H19FN2O. The van der Waals surface area contributed by atoms with Crippen molar-refractivity contribution in [3.05, 3.63) is 29.6 Å². The first-order valence-electron chi connectivity index (χ1n) is 5.46. The lowest BCUT2D eigenvalue weighted by Gasteiger charge is -2.30. The Kier molecular flexibility index (Phi) is 4.71. The van der Waals surface area contributed by atoms with Crippen LogP contribution in [0.5, 0.6) is 0 Å². The van der Waals surface area contributed by atoms with Crippen LogP contribution in [0.3, 0.4) is 0 Å². The molecule has 3 nitrogen and oxygen atoms in total. The maximum Gasteiger partial charge on any atom is 0.123 e. The van der Waals surface area contributed by atoms with E-state index in [4.69, 9.17) is 10.8 Å². The van der Waals surface area contributed by atoms with Crippen LogP contribution in [-0.4, -0.2) is 24.3 Å². The second-order valence-corrected chi connectivity index (χ2v) is 3.99. The van der Waals surface area contributed by atoms with Crippen LogP contribution >= 0.6 is 0 Å². The molecule has 0 aromatic heterocycles. The number of hydrogen-bond donors (Lipinski definition) is 2. The number of benzene rings is 1. The number of rotatable bonds is 5. The summed E-state index contributed by atoms with van der Waals surface area (Å²) in [6, 6.07) is 4.82. The highest BCUT2D eigenvalue weighted by atomic mass is 19.1. The van der Waals surface area contributed by atoms with E-state index in [1.165, 1.54) is 12.1 Å². The van der Waals surface area contributed by atoms with Crippen molar-refractivity contribution < 1.29 is 9.50 Å². The van der Waals surface area contributed by atoms with Gasteiger partial charge in [-0.2, -0.15) is 0 Å². The molecule has 0 saturated carbocycles. The third-order valence-corrected chi connectivity index (χ3v) is 2.54. The third kappa shape index (κ3) is 2.93. The van der Waals surface area contributed by atoms with E-state index >= 15 is 0 Å². The van der Waals surface area contributed by atoms with E-state index in [9.17, 15) is 4.39 Å². The van der Waals surface area contributed by atoms with Crippen molar-refractivity contribution in [1.82, 2.24) is 0 Å². The van der Waals surface area contributed by atoms with Gasteiger partial charge in [-0.1, -0.05) is 0 Å². The molecular weight excluding hydrogens is 207 g/mol. The molecule has 1 aromatic rings. The first-order chi connectivity index (χ1) is 7.60. The minimum Gasteiger partial charge on any atom is -0.395 e. The van der Waals surface area contributed by atoms with Gasteiger partial charge in [-0.3, -0.25) is 0 Å². The fourth-order valence-electron chi connectivity index (χ4n) is 1.76. The van der Waals surface area contributed by atoms with Gasteiger partial charge >= 0.3 is 0 Å². The molecule has 0 bridgehead atoms. The molecule has 0 aliphatic rings. The number of halogens is 1. The largest absolute Gasteiger partial charge is 0.395 e. The molecule has 0 aliphatic carbocycles. The zero-order valence-corrected chi connectivity index (χ0v) is 9.78. The van der Waals surface area contributed by atoms with Gasteiger partial charge in [-0.15, -0.1) is 0 Å². The lowest BCUT2D eigenvalue weighted by molar-refractivity contribution is 0.299.